The quantitative estimate of drug-likeness (QED) is 0.378. The average molecular weight is 394 g/mol. The molecule has 0 aliphatic heterocycles. The second kappa shape index (κ2) is 8.47. The van der Waals surface area contributed by atoms with E-state index in [4.69, 9.17) is 24.9 Å². The highest BCUT2D eigenvalue weighted by molar-refractivity contribution is 6.03. The first kappa shape index (κ1) is 19.9. The minimum atomic E-state index is -0.0555. The number of hydrogen-bond acceptors (Lipinski definition) is 6. The molecule has 1 amide bonds. The van der Waals surface area contributed by atoms with E-state index in [0.29, 0.717) is 45.9 Å². The lowest BCUT2D eigenvalue weighted by atomic mass is 10.0. The van der Waals surface area contributed by atoms with Gasteiger partial charge in [0.1, 0.15) is 0 Å². The topological polar surface area (TPSA) is 108 Å². The molecule has 3 aromatic rings. The Morgan fingerprint density at radius 3 is 2.45 bits per heavy atom. The Morgan fingerprint density at radius 1 is 1.10 bits per heavy atom. The predicted molar refractivity (Wildman–Crippen MR) is 112 cm³/mol. The molecule has 0 spiro atoms. The monoisotopic (exact) mass is 394 g/mol. The van der Waals surface area contributed by atoms with Crippen molar-refractivity contribution >= 4 is 29.0 Å². The Balaban J connectivity index is 2.43. The number of hydrogen-bond donors (Lipinski definition) is 2. The van der Waals surface area contributed by atoms with Crippen LogP contribution in [0.4, 0.5) is 5.69 Å². The van der Waals surface area contributed by atoms with Crippen LogP contribution in [0.15, 0.2) is 41.4 Å². The Labute approximate surface area is 168 Å². The largest absolute Gasteiger partial charge is 0.493 e. The minimum absolute atomic E-state index is 0.0555. The summed E-state index contributed by atoms with van der Waals surface area (Å²) in [5.41, 5.74) is 9.59. The van der Waals surface area contributed by atoms with E-state index in [-0.39, 0.29) is 5.96 Å². The number of nitrogens with zero attached hydrogens (tertiary/aromatic N) is 2. The maximum Gasteiger partial charge on any atom is 0.213 e. The third-order valence-corrected chi connectivity index (χ3v) is 4.45. The number of aromatic nitrogens is 1. The summed E-state index contributed by atoms with van der Waals surface area (Å²) in [6, 6.07) is 11.4. The summed E-state index contributed by atoms with van der Waals surface area (Å²) >= 11 is 0. The maximum absolute atomic E-state index is 10.8. The van der Waals surface area contributed by atoms with Crippen LogP contribution in [0.1, 0.15) is 5.56 Å². The molecule has 0 unspecified atom stereocenters. The van der Waals surface area contributed by atoms with Crippen molar-refractivity contribution in [1.29, 1.82) is 0 Å². The van der Waals surface area contributed by atoms with Crippen LogP contribution in [0.5, 0.6) is 17.2 Å². The van der Waals surface area contributed by atoms with Crippen LogP contribution in [0.25, 0.3) is 22.2 Å². The third kappa shape index (κ3) is 3.77. The third-order valence-electron chi connectivity index (χ3n) is 4.45. The van der Waals surface area contributed by atoms with Gasteiger partial charge in [-0.1, -0.05) is 24.3 Å². The number of carbonyl (C=O) groups is 1. The Morgan fingerprint density at radius 2 is 1.83 bits per heavy atom. The second-order valence-electron chi connectivity index (χ2n) is 6.14. The van der Waals surface area contributed by atoms with Gasteiger partial charge in [-0.3, -0.25) is 10.1 Å². The molecule has 0 atom stereocenters. The molecule has 1 heterocycles. The number of aryl methyl sites for hydroxylation is 1. The zero-order valence-corrected chi connectivity index (χ0v) is 16.6. The van der Waals surface area contributed by atoms with Crippen LogP contribution in [0.2, 0.25) is 0 Å². The van der Waals surface area contributed by atoms with Crippen LogP contribution in [0.3, 0.4) is 0 Å². The molecule has 0 saturated heterocycles. The van der Waals surface area contributed by atoms with Crippen molar-refractivity contribution in [3.05, 3.63) is 42.0 Å². The standard InChI is InChI=1S/C21H22N4O4/c1-12-7-5-6-8-13(12)14-9-15(25-21(22)23-11-26)18-16(24-14)10-17(27-2)19(28-3)20(18)29-4/h5-11H,1-4H3,(H3,22,23,24,25,26). The SMILES string of the molecule is COc1cc2nc(-c3ccccc3C)cc(N=C(N)NC=O)c2c(OC)c1OC. The van der Waals surface area contributed by atoms with E-state index in [1.54, 1.807) is 19.2 Å². The van der Waals surface area contributed by atoms with Crippen molar-refractivity contribution in [3.63, 3.8) is 0 Å². The number of ether oxygens (including phenoxy) is 3. The number of amides is 1. The highest BCUT2D eigenvalue weighted by Gasteiger charge is 2.21. The van der Waals surface area contributed by atoms with Crippen molar-refractivity contribution in [2.75, 3.05) is 21.3 Å². The Kier molecular flexibility index (Phi) is 5.82. The van der Waals surface area contributed by atoms with Crippen molar-refractivity contribution in [2.24, 2.45) is 10.7 Å². The molecule has 0 saturated carbocycles. The van der Waals surface area contributed by atoms with Gasteiger partial charge in [0.15, 0.2) is 17.5 Å². The number of pyridine rings is 1. The van der Waals surface area contributed by atoms with Gasteiger partial charge in [0.05, 0.1) is 43.6 Å². The molecule has 0 radical (unpaired) electrons. The normalized spacial score (nSPS) is 11.2. The molecule has 3 N–H and O–H groups in total. The average Bonchev–Trinajstić information content (AvgIpc) is 2.72. The van der Waals surface area contributed by atoms with E-state index in [1.807, 2.05) is 31.2 Å². The van der Waals surface area contributed by atoms with Crippen LogP contribution in [-0.4, -0.2) is 38.7 Å². The lowest BCUT2D eigenvalue weighted by Crippen LogP contribution is -2.29. The number of guanidine groups is 1. The first-order chi connectivity index (χ1) is 14.0. The summed E-state index contributed by atoms with van der Waals surface area (Å²) in [4.78, 5) is 19.9. The smallest absolute Gasteiger partial charge is 0.213 e. The molecule has 8 heteroatoms. The summed E-state index contributed by atoms with van der Waals surface area (Å²) in [7, 11) is 4.58. The predicted octanol–water partition coefficient (Wildman–Crippen LogP) is 2.93. The maximum atomic E-state index is 10.8. The molecule has 2 aromatic carbocycles. The fraction of sp³-hybridized carbons (Fsp3) is 0.190. The van der Waals surface area contributed by atoms with Gasteiger partial charge >= 0.3 is 0 Å². The summed E-state index contributed by atoms with van der Waals surface area (Å²) in [6.07, 6.45) is 0.464. The van der Waals surface area contributed by atoms with Gasteiger partial charge in [-0.2, -0.15) is 0 Å². The number of benzene rings is 2. The molecule has 1 aromatic heterocycles. The number of nitrogens with two attached hydrogens (primary N) is 1. The van der Waals surface area contributed by atoms with E-state index in [2.05, 4.69) is 10.3 Å². The molecule has 150 valence electrons. The van der Waals surface area contributed by atoms with E-state index in [1.165, 1.54) is 14.2 Å². The van der Waals surface area contributed by atoms with Crippen LogP contribution >= 0.6 is 0 Å². The van der Waals surface area contributed by atoms with Gasteiger partial charge in [0.2, 0.25) is 12.2 Å². The highest BCUT2D eigenvalue weighted by Crippen LogP contribution is 2.47. The molecule has 0 aliphatic rings. The molecule has 8 nitrogen and oxygen atoms in total. The van der Waals surface area contributed by atoms with Crippen molar-refractivity contribution < 1.29 is 19.0 Å². The minimum Gasteiger partial charge on any atom is -0.493 e. The number of methoxy groups -OCH3 is 3. The lowest BCUT2D eigenvalue weighted by molar-refractivity contribution is -0.108. The number of rotatable bonds is 6. The van der Waals surface area contributed by atoms with E-state index in [9.17, 15) is 4.79 Å². The van der Waals surface area contributed by atoms with Crippen molar-refractivity contribution in [3.8, 4) is 28.5 Å². The Bertz CT molecular complexity index is 1100. The van der Waals surface area contributed by atoms with Crippen LogP contribution in [0, 0.1) is 6.92 Å². The van der Waals surface area contributed by atoms with E-state index < -0.39 is 0 Å². The molecule has 3 rings (SSSR count). The summed E-state index contributed by atoms with van der Waals surface area (Å²) in [5, 5.41) is 2.93. The number of aliphatic imine (C=N–C) groups is 1. The number of nitrogens with one attached hydrogen (secondary N) is 1. The van der Waals surface area contributed by atoms with Gasteiger partial charge in [-0.15, -0.1) is 0 Å². The fourth-order valence-electron chi connectivity index (χ4n) is 3.15. The second-order valence-corrected chi connectivity index (χ2v) is 6.14. The zero-order chi connectivity index (χ0) is 21.0. The summed E-state index contributed by atoms with van der Waals surface area (Å²) < 4.78 is 16.5. The van der Waals surface area contributed by atoms with Crippen LogP contribution < -0.4 is 25.3 Å². The number of fused-ring (bicyclic) bond motifs is 1. The van der Waals surface area contributed by atoms with E-state index >= 15 is 0 Å². The summed E-state index contributed by atoms with van der Waals surface area (Å²) in [6.45, 7) is 2.00. The summed E-state index contributed by atoms with van der Waals surface area (Å²) in [5.74, 6) is 1.23. The van der Waals surface area contributed by atoms with Gasteiger partial charge in [-0.25, -0.2) is 9.98 Å². The first-order valence-corrected chi connectivity index (χ1v) is 8.78. The van der Waals surface area contributed by atoms with E-state index in [0.717, 1.165) is 11.1 Å². The molecule has 0 bridgehead atoms. The highest BCUT2D eigenvalue weighted by atomic mass is 16.5. The van der Waals surface area contributed by atoms with Gasteiger partial charge < -0.3 is 19.9 Å². The molecule has 29 heavy (non-hydrogen) atoms. The number of carbonyl (C=O) groups excluding carboxylic acids is 1. The van der Waals surface area contributed by atoms with Crippen molar-refractivity contribution in [1.82, 2.24) is 10.3 Å². The zero-order valence-electron chi connectivity index (χ0n) is 16.6. The van der Waals surface area contributed by atoms with Gasteiger partial charge in [-0.05, 0) is 18.6 Å². The molecular weight excluding hydrogens is 372 g/mol. The molecular formula is C21H22N4O4. The van der Waals surface area contributed by atoms with Gasteiger partial charge in [0, 0.05) is 11.6 Å². The van der Waals surface area contributed by atoms with Crippen molar-refractivity contribution in [2.45, 2.75) is 6.92 Å². The fourth-order valence-corrected chi connectivity index (χ4v) is 3.15. The molecule has 0 aliphatic carbocycles. The van der Waals surface area contributed by atoms with Gasteiger partial charge in [0.25, 0.3) is 0 Å². The first-order valence-electron chi connectivity index (χ1n) is 8.78. The lowest BCUT2D eigenvalue weighted by Gasteiger charge is -2.17. The van der Waals surface area contributed by atoms with Crippen LogP contribution in [-0.2, 0) is 4.79 Å². The molecule has 0 fully saturated rings. The Hall–Kier alpha value is -3.81.